The molecule has 0 N–H and O–H groups in total. The molecule has 1 amide bonds. The molecule has 174 valence electrons. The van der Waals surface area contributed by atoms with Gasteiger partial charge in [0.15, 0.2) is 5.13 Å². The number of carbonyl (C=O) groups excluding carboxylic acids is 1. The number of benzene rings is 3. The highest BCUT2D eigenvalue weighted by Gasteiger charge is 2.19. The molecule has 0 aliphatic carbocycles. The van der Waals surface area contributed by atoms with Crippen LogP contribution in [0.5, 0.6) is 5.75 Å². The molecule has 0 radical (unpaired) electrons. The number of rotatable bonds is 7. The first kappa shape index (κ1) is 23.7. The summed E-state index contributed by atoms with van der Waals surface area (Å²) in [7, 11) is -3.57. The van der Waals surface area contributed by atoms with Crippen LogP contribution in [0, 0.1) is 13.8 Å². The largest absolute Gasteiger partial charge is 0.487 e. The highest BCUT2D eigenvalue weighted by molar-refractivity contribution is 7.91. The van der Waals surface area contributed by atoms with E-state index in [4.69, 9.17) is 4.74 Å². The highest BCUT2D eigenvalue weighted by Crippen LogP contribution is 2.31. The van der Waals surface area contributed by atoms with E-state index in [2.05, 4.69) is 4.98 Å². The number of nitrogens with zero attached hydrogens (tertiary/aromatic N) is 2. The maximum Gasteiger partial charge on any atom is 0.230 e. The van der Waals surface area contributed by atoms with Crippen molar-refractivity contribution in [3.8, 4) is 5.75 Å². The number of hydrogen-bond donors (Lipinski definition) is 0. The van der Waals surface area contributed by atoms with Crippen molar-refractivity contribution in [3.05, 3.63) is 95.0 Å². The molecule has 8 heteroatoms. The number of aryl methyl sites for hydroxylation is 2. The molecule has 6 nitrogen and oxygen atoms in total. The summed E-state index contributed by atoms with van der Waals surface area (Å²) in [5.74, 6) is 0.402. The molecular weight excluding hydrogens is 468 g/mol. The first-order valence-electron chi connectivity index (χ1n) is 10.6. The van der Waals surface area contributed by atoms with Gasteiger partial charge in [-0.05, 0) is 73.5 Å². The summed E-state index contributed by atoms with van der Waals surface area (Å²) >= 11 is 1.36. The second-order valence-corrected chi connectivity index (χ2v) is 10.6. The van der Waals surface area contributed by atoms with Gasteiger partial charge in [-0.25, -0.2) is 13.4 Å². The van der Waals surface area contributed by atoms with Gasteiger partial charge in [-0.2, -0.15) is 0 Å². The van der Waals surface area contributed by atoms with E-state index in [9.17, 15) is 13.2 Å². The summed E-state index contributed by atoms with van der Waals surface area (Å²) in [6, 6.07) is 20.5. The fourth-order valence-electron chi connectivity index (χ4n) is 3.36. The summed E-state index contributed by atoms with van der Waals surface area (Å²) in [4.78, 5) is 19.0. The molecule has 0 bridgehead atoms. The Morgan fingerprint density at radius 2 is 1.62 bits per heavy atom. The fraction of sp³-hybridized carbons (Fsp3) is 0.154. The second kappa shape index (κ2) is 9.79. The topological polar surface area (TPSA) is 76.6 Å². The first-order chi connectivity index (χ1) is 16.3. The molecule has 0 aliphatic rings. The number of hydrogen-bond acceptors (Lipinski definition) is 6. The monoisotopic (exact) mass is 492 g/mol. The van der Waals surface area contributed by atoms with Crippen LogP contribution in [-0.4, -0.2) is 19.3 Å². The third-order valence-corrected chi connectivity index (χ3v) is 8.03. The van der Waals surface area contributed by atoms with Crippen LogP contribution in [0.3, 0.4) is 0 Å². The summed E-state index contributed by atoms with van der Waals surface area (Å²) in [5.41, 5.74) is 3.70. The Morgan fingerprint density at radius 1 is 0.941 bits per heavy atom. The molecule has 0 saturated heterocycles. The molecule has 4 aromatic rings. The molecule has 1 aromatic heterocycles. The van der Waals surface area contributed by atoms with Gasteiger partial charge in [0.25, 0.3) is 0 Å². The average Bonchev–Trinajstić information content (AvgIpc) is 3.29. The van der Waals surface area contributed by atoms with Crippen LogP contribution < -0.4 is 9.64 Å². The Balaban J connectivity index is 1.46. The predicted molar refractivity (Wildman–Crippen MR) is 134 cm³/mol. The van der Waals surface area contributed by atoms with E-state index < -0.39 is 9.84 Å². The molecule has 34 heavy (non-hydrogen) atoms. The Kier molecular flexibility index (Phi) is 6.81. The molecule has 0 atom stereocenters. The van der Waals surface area contributed by atoms with Crippen LogP contribution in [-0.2, 0) is 21.2 Å². The third kappa shape index (κ3) is 5.03. The van der Waals surface area contributed by atoms with E-state index in [0.29, 0.717) is 16.6 Å². The van der Waals surface area contributed by atoms with Crippen LogP contribution >= 0.6 is 11.3 Å². The van der Waals surface area contributed by atoms with E-state index in [0.717, 1.165) is 16.8 Å². The number of ether oxygens (including phenoxy) is 1. The summed E-state index contributed by atoms with van der Waals surface area (Å²) in [5, 5.41) is 2.42. The molecule has 0 aliphatic heterocycles. The smallest absolute Gasteiger partial charge is 0.230 e. The third-order valence-electron chi connectivity index (χ3n) is 5.37. The van der Waals surface area contributed by atoms with Crippen molar-refractivity contribution in [2.75, 3.05) is 4.90 Å². The maximum absolute atomic E-state index is 12.7. The van der Waals surface area contributed by atoms with Gasteiger partial charge in [-0.3, -0.25) is 9.69 Å². The van der Waals surface area contributed by atoms with Crippen molar-refractivity contribution in [2.45, 2.75) is 37.2 Å². The summed E-state index contributed by atoms with van der Waals surface area (Å²) in [6.07, 6.45) is 0. The van der Waals surface area contributed by atoms with Crippen LogP contribution in [0.15, 0.2) is 88.0 Å². The highest BCUT2D eigenvalue weighted by atomic mass is 32.2. The standard InChI is InChI=1S/C26H24N2O4S2/c1-18-9-10-22(15-19(18)2)28(20(3)29)26-27-21(17-33-26)16-32-23-11-13-25(14-12-23)34(30,31)24-7-5-4-6-8-24/h4-15,17H,16H2,1-3H3. The van der Waals surface area contributed by atoms with Crippen LogP contribution in [0.1, 0.15) is 23.7 Å². The Labute approximate surface area is 203 Å². The minimum Gasteiger partial charge on any atom is -0.487 e. The number of carbonyl (C=O) groups is 1. The normalized spacial score (nSPS) is 11.3. The van der Waals surface area contributed by atoms with E-state index in [1.54, 1.807) is 47.4 Å². The Bertz CT molecular complexity index is 1410. The number of amides is 1. The van der Waals surface area contributed by atoms with E-state index in [1.807, 2.05) is 37.4 Å². The van der Waals surface area contributed by atoms with Gasteiger partial charge >= 0.3 is 0 Å². The Morgan fingerprint density at radius 3 is 2.26 bits per heavy atom. The lowest BCUT2D eigenvalue weighted by Gasteiger charge is -2.19. The SMILES string of the molecule is CC(=O)N(c1ccc(C)c(C)c1)c1nc(COc2ccc(S(=O)(=O)c3ccccc3)cc2)cs1. The van der Waals surface area contributed by atoms with Gasteiger partial charge in [-0.1, -0.05) is 24.3 Å². The van der Waals surface area contributed by atoms with E-state index >= 15 is 0 Å². The quantitative estimate of drug-likeness (QED) is 0.323. The molecule has 1 heterocycles. The van der Waals surface area contributed by atoms with Gasteiger partial charge < -0.3 is 4.74 Å². The van der Waals surface area contributed by atoms with Gasteiger partial charge in [0.05, 0.1) is 21.2 Å². The lowest BCUT2D eigenvalue weighted by atomic mass is 10.1. The van der Waals surface area contributed by atoms with Crippen LogP contribution in [0.2, 0.25) is 0 Å². The van der Waals surface area contributed by atoms with Crippen LogP contribution in [0.25, 0.3) is 0 Å². The maximum atomic E-state index is 12.7. The molecule has 3 aromatic carbocycles. The lowest BCUT2D eigenvalue weighted by molar-refractivity contribution is -0.115. The number of aromatic nitrogens is 1. The van der Waals surface area contributed by atoms with Gasteiger partial charge in [0.2, 0.25) is 15.7 Å². The molecular formula is C26H24N2O4S2. The minimum absolute atomic E-state index is 0.125. The lowest BCUT2D eigenvalue weighted by Crippen LogP contribution is -2.22. The zero-order valence-corrected chi connectivity index (χ0v) is 20.7. The van der Waals surface area contributed by atoms with Crippen molar-refractivity contribution in [1.29, 1.82) is 0 Å². The van der Waals surface area contributed by atoms with Crippen LogP contribution in [0.4, 0.5) is 10.8 Å². The van der Waals surface area contributed by atoms with Gasteiger partial charge in [-0.15, -0.1) is 11.3 Å². The predicted octanol–water partition coefficient (Wildman–Crippen LogP) is 5.86. The molecule has 0 fully saturated rings. The van der Waals surface area contributed by atoms with E-state index in [1.165, 1.54) is 30.4 Å². The van der Waals surface area contributed by atoms with Crippen molar-refractivity contribution in [3.63, 3.8) is 0 Å². The van der Waals surface area contributed by atoms with Crippen molar-refractivity contribution in [1.82, 2.24) is 4.98 Å². The number of anilines is 2. The molecule has 0 unspecified atom stereocenters. The summed E-state index contributed by atoms with van der Waals surface area (Å²) in [6.45, 7) is 5.74. The zero-order valence-electron chi connectivity index (χ0n) is 19.1. The number of thiazole rings is 1. The fourth-order valence-corrected chi connectivity index (χ4v) is 5.52. The van der Waals surface area contributed by atoms with Crippen molar-refractivity contribution < 1.29 is 17.9 Å². The zero-order chi connectivity index (χ0) is 24.3. The van der Waals surface area contributed by atoms with Gasteiger partial charge in [0.1, 0.15) is 12.4 Å². The van der Waals surface area contributed by atoms with Crippen molar-refractivity contribution >= 4 is 37.9 Å². The average molecular weight is 493 g/mol. The second-order valence-electron chi connectivity index (χ2n) is 7.82. The molecule has 0 spiro atoms. The molecule has 4 rings (SSSR count). The summed E-state index contributed by atoms with van der Waals surface area (Å²) < 4.78 is 31.2. The molecule has 0 saturated carbocycles. The van der Waals surface area contributed by atoms with E-state index in [-0.39, 0.29) is 22.3 Å². The van der Waals surface area contributed by atoms with Gasteiger partial charge in [0, 0.05) is 12.3 Å². The first-order valence-corrected chi connectivity index (χ1v) is 13.0. The number of sulfone groups is 1. The Hall–Kier alpha value is -3.49. The van der Waals surface area contributed by atoms with Crippen molar-refractivity contribution in [2.24, 2.45) is 0 Å². The minimum atomic E-state index is -3.57.